The van der Waals surface area contributed by atoms with Crippen LogP contribution in [-0.2, 0) is 6.42 Å². The molecule has 2 rings (SSSR count). The summed E-state index contributed by atoms with van der Waals surface area (Å²) < 4.78 is 0. The third kappa shape index (κ3) is 1.85. The first kappa shape index (κ1) is 9.41. The van der Waals surface area contributed by atoms with Crippen LogP contribution < -0.4 is 0 Å². The lowest BCUT2D eigenvalue weighted by Crippen LogP contribution is -1.88. The lowest BCUT2D eigenvalue weighted by molar-refractivity contribution is 1.14. The Morgan fingerprint density at radius 3 is 2.93 bits per heavy atom. The van der Waals surface area contributed by atoms with Crippen LogP contribution in [0.1, 0.15) is 5.69 Å². The summed E-state index contributed by atoms with van der Waals surface area (Å²) in [5.41, 5.74) is 1.12. The normalized spacial score (nSPS) is 11.2. The van der Waals surface area contributed by atoms with E-state index in [1.807, 2.05) is 29.4 Å². The monoisotopic (exact) mass is 247 g/mol. The van der Waals surface area contributed by atoms with Crippen molar-refractivity contribution in [3.63, 3.8) is 0 Å². The Bertz CT molecular complexity index is 457. The summed E-state index contributed by atoms with van der Waals surface area (Å²) in [5, 5.41) is 2.49. The van der Waals surface area contributed by atoms with Gasteiger partial charge in [-0.1, -0.05) is 46.3 Å². The van der Waals surface area contributed by atoms with Gasteiger partial charge in [0, 0.05) is 18.0 Å². The highest BCUT2D eigenvalue weighted by molar-refractivity contribution is 9.11. The minimum atomic E-state index is 0.868. The zero-order valence-corrected chi connectivity index (χ0v) is 9.24. The van der Waals surface area contributed by atoms with Crippen molar-refractivity contribution in [2.24, 2.45) is 0 Å². The molecule has 0 radical (unpaired) electrons. The zero-order chi connectivity index (χ0) is 9.80. The van der Waals surface area contributed by atoms with Crippen molar-refractivity contribution < 1.29 is 0 Å². The molecular weight excluding hydrogens is 238 g/mol. The van der Waals surface area contributed by atoms with Gasteiger partial charge in [-0.3, -0.25) is 4.98 Å². The van der Waals surface area contributed by atoms with Crippen LogP contribution in [0.5, 0.6) is 0 Å². The summed E-state index contributed by atoms with van der Waals surface area (Å²) in [6.07, 6.45) is 4.78. The molecule has 0 amide bonds. The van der Waals surface area contributed by atoms with E-state index in [0.717, 1.165) is 12.1 Å². The number of nitrogens with zero attached hydrogens (tertiary/aromatic N) is 1. The Kier molecular flexibility index (Phi) is 2.94. The summed E-state index contributed by atoms with van der Waals surface area (Å²) in [7, 11) is 0. The Labute approximate surface area is 91.6 Å². The van der Waals surface area contributed by atoms with E-state index in [0.29, 0.717) is 0 Å². The molecule has 0 unspecified atom stereocenters. The van der Waals surface area contributed by atoms with E-state index in [2.05, 4.69) is 39.1 Å². The van der Waals surface area contributed by atoms with E-state index in [1.54, 1.807) is 0 Å². The van der Waals surface area contributed by atoms with Crippen LogP contribution in [0, 0.1) is 0 Å². The minimum Gasteiger partial charge on any atom is -0.260 e. The number of hydrogen-bond donors (Lipinski definition) is 0. The van der Waals surface area contributed by atoms with E-state index >= 15 is 0 Å². The predicted molar refractivity (Wildman–Crippen MR) is 63.5 cm³/mol. The molecule has 0 bridgehead atoms. The van der Waals surface area contributed by atoms with Crippen LogP contribution >= 0.6 is 15.9 Å². The summed E-state index contributed by atoms with van der Waals surface area (Å²) in [4.78, 5) is 6.24. The summed E-state index contributed by atoms with van der Waals surface area (Å²) in [5.74, 6) is 0. The van der Waals surface area contributed by atoms with Gasteiger partial charge in [0.15, 0.2) is 0 Å². The maximum Gasteiger partial charge on any atom is 0.0519 e. The third-order valence-electron chi connectivity index (χ3n) is 2.16. The van der Waals surface area contributed by atoms with E-state index in [4.69, 9.17) is 0 Å². The van der Waals surface area contributed by atoms with Crippen molar-refractivity contribution in [1.82, 2.24) is 4.98 Å². The smallest absolute Gasteiger partial charge is 0.0519 e. The molecule has 0 saturated carbocycles. The van der Waals surface area contributed by atoms with Crippen LogP contribution in [-0.4, -0.2) is 4.98 Å². The van der Waals surface area contributed by atoms with Crippen LogP contribution in [0.15, 0.2) is 47.6 Å². The minimum absolute atomic E-state index is 0.868. The molecule has 1 aromatic carbocycles. The summed E-state index contributed by atoms with van der Waals surface area (Å²) in [6.45, 7) is 0. The average Bonchev–Trinajstić information content (AvgIpc) is 2.26. The van der Waals surface area contributed by atoms with Crippen molar-refractivity contribution in [3.05, 3.63) is 53.3 Å². The highest BCUT2D eigenvalue weighted by Crippen LogP contribution is 2.16. The van der Waals surface area contributed by atoms with Gasteiger partial charge in [0.1, 0.15) is 0 Å². The van der Waals surface area contributed by atoms with Gasteiger partial charge in [0.2, 0.25) is 0 Å². The van der Waals surface area contributed by atoms with Crippen LogP contribution in [0.3, 0.4) is 0 Å². The number of benzene rings is 1. The van der Waals surface area contributed by atoms with E-state index in [1.165, 1.54) is 10.8 Å². The van der Waals surface area contributed by atoms with Gasteiger partial charge in [0.25, 0.3) is 0 Å². The molecule has 0 aliphatic carbocycles. The maximum absolute atomic E-state index is 4.37. The molecule has 70 valence electrons. The maximum atomic E-state index is 4.37. The van der Waals surface area contributed by atoms with E-state index < -0.39 is 0 Å². The molecule has 1 nitrogen and oxygen atoms in total. The fourth-order valence-corrected chi connectivity index (χ4v) is 1.69. The number of hydrogen-bond acceptors (Lipinski definition) is 1. The zero-order valence-electron chi connectivity index (χ0n) is 7.65. The lowest BCUT2D eigenvalue weighted by atomic mass is 10.1. The van der Waals surface area contributed by atoms with Gasteiger partial charge in [-0.05, 0) is 16.4 Å². The number of allylic oxidation sites excluding steroid dienone is 1. The number of halogens is 1. The lowest BCUT2D eigenvalue weighted by Gasteiger charge is -2.01. The SMILES string of the molecule is BrC=CCc1nccc2ccccc12. The van der Waals surface area contributed by atoms with Gasteiger partial charge in [-0.25, -0.2) is 0 Å². The molecule has 14 heavy (non-hydrogen) atoms. The van der Waals surface area contributed by atoms with E-state index in [-0.39, 0.29) is 0 Å². The molecule has 2 heteroatoms. The first-order valence-electron chi connectivity index (χ1n) is 4.49. The largest absolute Gasteiger partial charge is 0.260 e. The molecule has 0 atom stereocenters. The van der Waals surface area contributed by atoms with Crippen molar-refractivity contribution in [2.75, 3.05) is 0 Å². The number of fused-ring (bicyclic) bond motifs is 1. The predicted octanol–water partition coefficient (Wildman–Crippen LogP) is 3.69. The molecule has 1 aromatic heterocycles. The summed E-state index contributed by atoms with van der Waals surface area (Å²) >= 11 is 3.26. The summed E-state index contributed by atoms with van der Waals surface area (Å²) in [6, 6.07) is 10.4. The molecule has 2 aromatic rings. The second-order valence-electron chi connectivity index (χ2n) is 3.04. The Hall–Kier alpha value is -1.15. The molecule has 0 N–H and O–H groups in total. The molecule has 0 fully saturated rings. The van der Waals surface area contributed by atoms with Gasteiger partial charge in [-0.15, -0.1) is 0 Å². The average molecular weight is 248 g/mol. The van der Waals surface area contributed by atoms with Gasteiger partial charge in [-0.2, -0.15) is 0 Å². The molecule has 0 saturated heterocycles. The number of aromatic nitrogens is 1. The van der Waals surface area contributed by atoms with Crippen LogP contribution in [0.4, 0.5) is 0 Å². The van der Waals surface area contributed by atoms with E-state index in [9.17, 15) is 0 Å². The molecular formula is C12H10BrN. The first-order valence-corrected chi connectivity index (χ1v) is 5.41. The van der Waals surface area contributed by atoms with Gasteiger partial charge >= 0.3 is 0 Å². The molecule has 0 aliphatic heterocycles. The second kappa shape index (κ2) is 4.38. The second-order valence-corrected chi connectivity index (χ2v) is 3.57. The Morgan fingerprint density at radius 2 is 2.07 bits per heavy atom. The first-order chi connectivity index (χ1) is 6.92. The molecule has 0 spiro atoms. The van der Waals surface area contributed by atoms with Crippen LogP contribution in [0.2, 0.25) is 0 Å². The van der Waals surface area contributed by atoms with Crippen molar-refractivity contribution in [2.45, 2.75) is 6.42 Å². The highest BCUT2D eigenvalue weighted by Gasteiger charge is 1.98. The van der Waals surface area contributed by atoms with Crippen molar-refractivity contribution in [3.8, 4) is 0 Å². The standard InChI is InChI=1S/C12H10BrN/c13-8-3-6-12-11-5-2-1-4-10(11)7-9-14-12/h1-5,7-9H,6H2. The van der Waals surface area contributed by atoms with Crippen LogP contribution in [0.25, 0.3) is 10.8 Å². The quantitative estimate of drug-likeness (QED) is 0.789. The molecule has 1 heterocycles. The fourth-order valence-electron chi connectivity index (χ4n) is 1.50. The Morgan fingerprint density at radius 1 is 1.21 bits per heavy atom. The fraction of sp³-hybridized carbons (Fsp3) is 0.0833. The van der Waals surface area contributed by atoms with Crippen molar-refractivity contribution in [1.29, 1.82) is 0 Å². The number of rotatable bonds is 2. The number of pyridine rings is 1. The van der Waals surface area contributed by atoms with Gasteiger partial charge < -0.3 is 0 Å². The third-order valence-corrected chi connectivity index (χ3v) is 2.53. The molecule has 0 aliphatic rings. The Balaban J connectivity index is 2.53. The highest BCUT2D eigenvalue weighted by atomic mass is 79.9. The van der Waals surface area contributed by atoms with Gasteiger partial charge in [0.05, 0.1) is 5.69 Å². The topological polar surface area (TPSA) is 12.9 Å². The van der Waals surface area contributed by atoms with Crippen molar-refractivity contribution >= 4 is 26.7 Å².